The van der Waals surface area contributed by atoms with Gasteiger partial charge in [0.25, 0.3) is 0 Å². The van der Waals surface area contributed by atoms with E-state index in [0.29, 0.717) is 17.4 Å². The van der Waals surface area contributed by atoms with Gasteiger partial charge in [-0.1, -0.05) is 12.1 Å². The molecule has 23 heavy (non-hydrogen) atoms. The number of anilines is 1. The molecule has 1 fully saturated rings. The van der Waals surface area contributed by atoms with Crippen molar-refractivity contribution in [1.29, 1.82) is 0 Å². The van der Waals surface area contributed by atoms with Crippen molar-refractivity contribution in [1.82, 2.24) is 9.88 Å². The van der Waals surface area contributed by atoms with Gasteiger partial charge in [0.15, 0.2) is 16.7 Å². The Kier molecular flexibility index (Phi) is 5.19. The number of amides is 1. The van der Waals surface area contributed by atoms with Gasteiger partial charge < -0.3 is 10.1 Å². The SMILES string of the molecule is O=C(CN1CCC(Oc2ccccc2F)CC1)Nc1nccs1. The van der Waals surface area contributed by atoms with Gasteiger partial charge in [-0.2, -0.15) is 0 Å². The van der Waals surface area contributed by atoms with Gasteiger partial charge in [0.05, 0.1) is 6.54 Å². The minimum atomic E-state index is -0.335. The molecule has 5 nitrogen and oxygen atoms in total. The Balaban J connectivity index is 1.43. The van der Waals surface area contributed by atoms with E-state index in [-0.39, 0.29) is 17.8 Å². The van der Waals surface area contributed by atoms with Crippen LogP contribution >= 0.6 is 11.3 Å². The summed E-state index contributed by atoms with van der Waals surface area (Å²) < 4.78 is 19.3. The Morgan fingerprint density at radius 3 is 2.87 bits per heavy atom. The Labute approximate surface area is 138 Å². The van der Waals surface area contributed by atoms with E-state index in [4.69, 9.17) is 4.74 Å². The number of thiazole rings is 1. The second-order valence-electron chi connectivity index (χ2n) is 5.41. The highest BCUT2D eigenvalue weighted by atomic mass is 32.1. The molecule has 0 saturated carbocycles. The van der Waals surface area contributed by atoms with Crippen LogP contribution in [-0.4, -0.2) is 41.5 Å². The van der Waals surface area contributed by atoms with Gasteiger partial charge >= 0.3 is 0 Å². The maximum Gasteiger partial charge on any atom is 0.240 e. The van der Waals surface area contributed by atoms with Crippen LogP contribution in [0.3, 0.4) is 0 Å². The Bertz CT molecular complexity index is 643. The zero-order chi connectivity index (χ0) is 16.1. The summed E-state index contributed by atoms with van der Waals surface area (Å²) in [5.41, 5.74) is 0. The van der Waals surface area contributed by atoms with Crippen LogP contribution in [0, 0.1) is 5.82 Å². The molecule has 1 aliphatic rings. The van der Waals surface area contributed by atoms with E-state index in [0.717, 1.165) is 25.9 Å². The minimum Gasteiger partial charge on any atom is -0.487 e. The number of para-hydroxylation sites is 1. The molecule has 7 heteroatoms. The minimum absolute atomic E-state index is 0.00910. The standard InChI is InChI=1S/C16H18FN3O2S/c17-13-3-1-2-4-14(13)22-12-5-8-20(9-6-12)11-15(21)19-16-18-7-10-23-16/h1-4,7,10,12H,5-6,8-9,11H2,(H,18,19,21). The maximum atomic E-state index is 13.6. The van der Waals surface area contributed by atoms with E-state index in [9.17, 15) is 9.18 Å². The summed E-state index contributed by atoms with van der Waals surface area (Å²) in [5, 5.41) is 5.21. The lowest BCUT2D eigenvalue weighted by atomic mass is 10.1. The average molecular weight is 335 g/mol. The van der Waals surface area contributed by atoms with Gasteiger partial charge in [0, 0.05) is 24.7 Å². The zero-order valence-corrected chi connectivity index (χ0v) is 13.4. The third-order valence-electron chi connectivity index (χ3n) is 3.71. The van der Waals surface area contributed by atoms with Gasteiger partial charge in [0.1, 0.15) is 6.10 Å². The summed E-state index contributed by atoms with van der Waals surface area (Å²) >= 11 is 1.40. The molecule has 1 aliphatic heterocycles. The summed E-state index contributed by atoms with van der Waals surface area (Å²) in [4.78, 5) is 18.0. The number of nitrogens with one attached hydrogen (secondary N) is 1. The van der Waals surface area contributed by atoms with Gasteiger partial charge in [-0.25, -0.2) is 9.37 Å². The largest absolute Gasteiger partial charge is 0.487 e. The molecule has 0 radical (unpaired) electrons. The molecule has 1 aromatic carbocycles. The topological polar surface area (TPSA) is 54.5 Å². The number of rotatable bonds is 5. The van der Waals surface area contributed by atoms with Crippen LogP contribution in [0.5, 0.6) is 5.75 Å². The van der Waals surface area contributed by atoms with Crippen LogP contribution in [-0.2, 0) is 4.79 Å². The first kappa shape index (κ1) is 15.9. The first-order valence-electron chi connectivity index (χ1n) is 7.53. The number of ether oxygens (including phenoxy) is 1. The lowest BCUT2D eigenvalue weighted by molar-refractivity contribution is -0.117. The number of carbonyl (C=O) groups excluding carboxylic acids is 1. The number of nitrogens with zero attached hydrogens (tertiary/aromatic N) is 2. The van der Waals surface area contributed by atoms with Crippen molar-refractivity contribution < 1.29 is 13.9 Å². The van der Waals surface area contributed by atoms with Gasteiger partial charge in [0.2, 0.25) is 5.91 Å². The van der Waals surface area contributed by atoms with E-state index in [2.05, 4.69) is 15.2 Å². The molecule has 122 valence electrons. The summed E-state index contributed by atoms with van der Waals surface area (Å²) in [7, 11) is 0. The molecule has 1 aromatic heterocycles. The van der Waals surface area contributed by atoms with E-state index < -0.39 is 0 Å². The van der Waals surface area contributed by atoms with Gasteiger partial charge in [-0.15, -0.1) is 11.3 Å². The summed E-state index contributed by atoms with van der Waals surface area (Å²) in [6, 6.07) is 6.44. The number of carbonyl (C=O) groups is 1. The predicted octanol–water partition coefficient (Wildman–Crippen LogP) is 2.76. The number of likely N-dealkylation sites (tertiary alicyclic amines) is 1. The van der Waals surface area contributed by atoms with E-state index in [1.165, 1.54) is 17.4 Å². The van der Waals surface area contributed by atoms with Crippen LogP contribution in [0.25, 0.3) is 0 Å². The van der Waals surface area contributed by atoms with Gasteiger partial charge in [-0.3, -0.25) is 9.69 Å². The quantitative estimate of drug-likeness (QED) is 0.913. The van der Waals surface area contributed by atoms with E-state index >= 15 is 0 Å². The Morgan fingerprint density at radius 2 is 2.17 bits per heavy atom. The molecule has 0 unspecified atom stereocenters. The second kappa shape index (κ2) is 7.52. The first-order valence-corrected chi connectivity index (χ1v) is 8.41. The molecule has 1 saturated heterocycles. The molecule has 0 aliphatic carbocycles. The van der Waals surface area contributed by atoms with Crippen molar-refractivity contribution in [3.8, 4) is 5.75 Å². The Morgan fingerprint density at radius 1 is 1.39 bits per heavy atom. The van der Waals surface area contributed by atoms with E-state index in [1.54, 1.807) is 24.4 Å². The number of hydrogen-bond acceptors (Lipinski definition) is 5. The second-order valence-corrected chi connectivity index (χ2v) is 6.30. The van der Waals surface area contributed by atoms with Crippen LogP contribution in [0.2, 0.25) is 0 Å². The fraction of sp³-hybridized carbons (Fsp3) is 0.375. The fourth-order valence-electron chi connectivity index (χ4n) is 2.55. The highest BCUT2D eigenvalue weighted by Gasteiger charge is 2.23. The number of aromatic nitrogens is 1. The maximum absolute atomic E-state index is 13.6. The number of hydrogen-bond donors (Lipinski definition) is 1. The van der Waals surface area contributed by atoms with Crippen LogP contribution in [0.4, 0.5) is 9.52 Å². The summed E-state index contributed by atoms with van der Waals surface area (Å²) in [5.74, 6) is -0.0985. The predicted molar refractivity (Wildman–Crippen MR) is 87.2 cm³/mol. The summed E-state index contributed by atoms with van der Waals surface area (Å²) in [6.07, 6.45) is 3.20. The number of halogens is 1. The van der Waals surface area contributed by atoms with Crippen molar-refractivity contribution in [3.63, 3.8) is 0 Å². The van der Waals surface area contributed by atoms with Crippen LogP contribution < -0.4 is 10.1 Å². The highest BCUT2D eigenvalue weighted by molar-refractivity contribution is 7.13. The Hall–Kier alpha value is -1.99. The molecule has 0 atom stereocenters. The van der Waals surface area contributed by atoms with Gasteiger partial charge in [-0.05, 0) is 25.0 Å². The molecular weight excluding hydrogens is 317 g/mol. The zero-order valence-electron chi connectivity index (χ0n) is 12.6. The molecule has 1 N–H and O–H groups in total. The third-order valence-corrected chi connectivity index (χ3v) is 4.40. The molecule has 2 heterocycles. The molecular formula is C16H18FN3O2S. The lowest BCUT2D eigenvalue weighted by Gasteiger charge is -2.31. The molecule has 0 bridgehead atoms. The van der Waals surface area contributed by atoms with Crippen molar-refractivity contribution >= 4 is 22.4 Å². The van der Waals surface area contributed by atoms with Crippen molar-refractivity contribution in [3.05, 3.63) is 41.7 Å². The molecule has 0 spiro atoms. The number of benzene rings is 1. The normalized spacial score (nSPS) is 16.2. The fourth-order valence-corrected chi connectivity index (χ4v) is 3.10. The van der Waals surface area contributed by atoms with Crippen molar-refractivity contribution in [2.75, 3.05) is 25.0 Å². The lowest BCUT2D eigenvalue weighted by Crippen LogP contribution is -2.42. The monoisotopic (exact) mass is 335 g/mol. The highest BCUT2D eigenvalue weighted by Crippen LogP contribution is 2.21. The molecule has 3 rings (SSSR count). The first-order chi connectivity index (χ1) is 11.2. The van der Waals surface area contributed by atoms with Crippen molar-refractivity contribution in [2.45, 2.75) is 18.9 Å². The summed E-state index contributed by atoms with van der Waals surface area (Å²) in [6.45, 7) is 1.85. The average Bonchev–Trinajstić information content (AvgIpc) is 3.04. The number of piperidine rings is 1. The molecule has 1 amide bonds. The molecule has 2 aromatic rings. The van der Waals surface area contributed by atoms with Crippen LogP contribution in [0.1, 0.15) is 12.8 Å². The third kappa shape index (κ3) is 4.49. The van der Waals surface area contributed by atoms with E-state index in [1.807, 2.05) is 5.38 Å². The van der Waals surface area contributed by atoms with Crippen LogP contribution in [0.15, 0.2) is 35.8 Å². The van der Waals surface area contributed by atoms with Crippen molar-refractivity contribution in [2.24, 2.45) is 0 Å². The smallest absolute Gasteiger partial charge is 0.240 e.